The molecular formula is C23H44O8P2. The molecule has 0 heterocycles. The Balaban J connectivity index is 0.000000716. The normalized spacial score (nSPS) is 15.2. The first kappa shape index (κ1) is 32.3. The lowest BCUT2D eigenvalue weighted by atomic mass is 10.0. The van der Waals surface area contributed by atoms with Crippen LogP contribution in [0, 0.1) is 18.8 Å². The van der Waals surface area contributed by atoms with E-state index < -0.39 is 15.6 Å². The number of benzene rings is 1. The fourth-order valence-electron chi connectivity index (χ4n) is 2.97. The molecule has 194 valence electrons. The highest BCUT2D eigenvalue weighted by Crippen LogP contribution is 2.44. The van der Waals surface area contributed by atoms with Gasteiger partial charge in [-0.25, -0.2) is 9.13 Å². The van der Waals surface area contributed by atoms with Crippen molar-refractivity contribution in [3.05, 3.63) is 29.8 Å². The highest BCUT2D eigenvalue weighted by Gasteiger charge is 2.24. The molecule has 1 aromatic rings. The van der Waals surface area contributed by atoms with E-state index in [4.69, 9.17) is 18.8 Å². The van der Waals surface area contributed by atoms with Crippen LogP contribution in [0.5, 0.6) is 5.75 Å². The van der Waals surface area contributed by atoms with Crippen LogP contribution in [0.1, 0.15) is 84.6 Å². The predicted octanol–water partition coefficient (Wildman–Crippen LogP) is 7.02. The summed E-state index contributed by atoms with van der Waals surface area (Å²) in [5.41, 5.74) is 1.01. The molecule has 33 heavy (non-hydrogen) atoms. The third-order valence-corrected chi connectivity index (χ3v) is 6.68. The Labute approximate surface area is 199 Å². The molecule has 10 heteroatoms. The van der Waals surface area contributed by atoms with Crippen molar-refractivity contribution in [2.24, 2.45) is 11.8 Å². The molecule has 1 rings (SSSR count). The lowest BCUT2D eigenvalue weighted by molar-refractivity contribution is 0.110. The number of phosphoric acid groups is 2. The maximum atomic E-state index is 11.9. The van der Waals surface area contributed by atoms with E-state index in [1.807, 2.05) is 6.92 Å². The number of aryl methyl sites for hydroxylation is 1. The van der Waals surface area contributed by atoms with Crippen LogP contribution >= 0.6 is 15.6 Å². The third kappa shape index (κ3) is 18.3. The van der Waals surface area contributed by atoms with Crippen LogP contribution in [0.3, 0.4) is 0 Å². The van der Waals surface area contributed by atoms with Gasteiger partial charge in [0.15, 0.2) is 0 Å². The van der Waals surface area contributed by atoms with E-state index in [0.29, 0.717) is 25.0 Å². The molecule has 3 N–H and O–H groups in total. The summed E-state index contributed by atoms with van der Waals surface area (Å²) in [5, 5.41) is 0. The van der Waals surface area contributed by atoms with E-state index in [0.717, 1.165) is 56.9 Å². The van der Waals surface area contributed by atoms with Crippen molar-refractivity contribution in [2.75, 3.05) is 13.2 Å². The quantitative estimate of drug-likeness (QED) is 0.203. The van der Waals surface area contributed by atoms with E-state index in [9.17, 15) is 14.0 Å². The number of hydrogen-bond acceptors (Lipinski definition) is 5. The van der Waals surface area contributed by atoms with Crippen molar-refractivity contribution in [1.82, 2.24) is 0 Å². The fourth-order valence-corrected chi connectivity index (χ4v) is 4.24. The zero-order chi connectivity index (χ0) is 25.3. The molecule has 0 bridgehead atoms. The summed E-state index contributed by atoms with van der Waals surface area (Å²) in [6.07, 6.45) is 8.56. The van der Waals surface area contributed by atoms with E-state index in [1.54, 1.807) is 12.1 Å². The molecule has 2 unspecified atom stereocenters. The summed E-state index contributed by atoms with van der Waals surface area (Å²) in [5.74, 6) is 0.862. The first-order valence-corrected chi connectivity index (χ1v) is 14.9. The van der Waals surface area contributed by atoms with Gasteiger partial charge in [-0.05, 0) is 43.7 Å². The first-order chi connectivity index (χ1) is 15.5. The molecular weight excluding hydrogens is 466 g/mol. The zero-order valence-electron chi connectivity index (χ0n) is 20.8. The van der Waals surface area contributed by atoms with Gasteiger partial charge in [0.25, 0.3) is 0 Å². The molecule has 1 aromatic carbocycles. The summed E-state index contributed by atoms with van der Waals surface area (Å²) >= 11 is 0. The molecule has 0 radical (unpaired) electrons. The average Bonchev–Trinajstić information content (AvgIpc) is 2.75. The molecule has 0 fully saturated rings. The van der Waals surface area contributed by atoms with Gasteiger partial charge in [0.1, 0.15) is 5.75 Å². The average molecular weight is 511 g/mol. The summed E-state index contributed by atoms with van der Waals surface area (Å²) < 4.78 is 36.9. The van der Waals surface area contributed by atoms with Crippen molar-refractivity contribution < 1.29 is 37.4 Å². The summed E-state index contributed by atoms with van der Waals surface area (Å²) in [4.78, 5) is 26.6. The monoisotopic (exact) mass is 510 g/mol. The molecule has 0 saturated carbocycles. The molecule has 0 aliphatic rings. The van der Waals surface area contributed by atoms with Crippen LogP contribution in [0.15, 0.2) is 24.3 Å². The fraction of sp³-hybridized carbons (Fsp3) is 0.739. The summed E-state index contributed by atoms with van der Waals surface area (Å²) in [6.45, 7) is 11.0. The zero-order valence-corrected chi connectivity index (χ0v) is 22.6. The number of phosphoric ester groups is 2. The van der Waals surface area contributed by atoms with Gasteiger partial charge < -0.3 is 9.42 Å². The Bertz CT molecular complexity index is 681. The van der Waals surface area contributed by atoms with Gasteiger partial charge in [-0.15, -0.1) is 0 Å². The van der Waals surface area contributed by atoms with Crippen molar-refractivity contribution >= 4 is 15.6 Å². The van der Waals surface area contributed by atoms with Crippen LogP contribution in [0.2, 0.25) is 0 Å². The lowest BCUT2D eigenvalue weighted by Gasteiger charge is -2.20. The smallest absolute Gasteiger partial charge is 0.404 e. The maximum Gasteiger partial charge on any atom is 0.524 e. The second-order valence-electron chi connectivity index (χ2n) is 8.29. The molecule has 0 amide bonds. The van der Waals surface area contributed by atoms with Crippen LogP contribution < -0.4 is 4.52 Å². The van der Waals surface area contributed by atoms with Crippen molar-refractivity contribution in [3.63, 3.8) is 0 Å². The Morgan fingerprint density at radius 1 is 0.788 bits per heavy atom. The molecule has 8 nitrogen and oxygen atoms in total. The van der Waals surface area contributed by atoms with Gasteiger partial charge in [-0.2, -0.15) is 0 Å². The Morgan fingerprint density at radius 3 is 1.55 bits per heavy atom. The minimum Gasteiger partial charge on any atom is -0.404 e. The van der Waals surface area contributed by atoms with Crippen LogP contribution in [-0.2, 0) is 18.2 Å². The van der Waals surface area contributed by atoms with Crippen molar-refractivity contribution in [2.45, 2.75) is 86.0 Å². The molecule has 2 atom stereocenters. The van der Waals surface area contributed by atoms with Crippen LogP contribution in [-0.4, -0.2) is 27.9 Å². The largest absolute Gasteiger partial charge is 0.524 e. The predicted molar refractivity (Wildman–Crippen MR) is 132 cm³/mol. The van der Waals surface area contributed by atoms with Gasteiger partial charge in [0.2, 0.25) is 0 Å². The Hall–Kier alpha value is -0.720. The molecule has 0 aliphatic heterocycles. The van der Waals surface area contributed by atoms with Crippen molar-refractivity contribution in [3.8, 4) is 5.75 Å². The van der Waals surface area contributed by atoms with E-state index in [1.165, 1.54) is 12.1 Å². The summed E-state index contributed by atoms with van der Waals surface area (Å²) in [7, 11) is -8.29. The highest BCUT2D eigenvalue weighted by molar-refractivity contribution is 7.47. The second-order valence-corrected chi connectivity index (χ2v) is 10.9. The second kappa shape index (κ2) is 17.7. The molecule has 0 aliphatic carbocycles. The number of unbranched alkanes of at least 4 members (excludes halogenated alkanes) is 2. The summed E-state index contributed by atoms with van der Waals surface area (Å²) in [6, 6.07) is 6.44. The maximum absolute atomic E-state index is 11.9. The highest BCUT2D eigenvalue weighted by atomic mass is 31.2. The lowest BCUT2D eigenvalue weighted by Crippen LogP contribution is -2.12. The van der Waals surface area contributed by atoms with Gasteiger partial charge >= 0.3 is 15.6 Å². The molecule has 0 saturated heterocycles. The molecule has 0 aromatic heterocycles. The SMILES string of the molecule is CCCCC(CC)COP(=O)(O)OCC(CC)CCCC.Cc1ccc(OP(=O)(O)O)cc1. The topological polar surface area (TPSA) is 123 Å². The van der Waals surface area contributed by atoms with Gasteiger partial charge in [-0.3, -0.25) is 18.8 Å². The van der Waals surface area contributed by atoms with Gasteiger partial charge in [-0.1, -0.05) is 83.9 Å². The van der Waals surface area contributed by atoms with Gasteiger partial charge in [0.05, 0.1) is 13.2 Å². The van der Waals surface area contributed by atoms with E-state index >= 15 is 0 Å². The third-order valence-electron chi connectivity index (χ3n) is 5.28. The van der Waals surface area contributed by atoms with E-state index in [2.05, 4.69) is 32.2 Å². The van der Waals surface area contributed by atoms with Gasteiger partial charge in [0, 0.05) is 0 Å². The molecule has 0 spiro atoms. The minimum absolute atomic E-state index is 0.175. The first-order valence-electron chi connectivity index (χ1n) is 11.9. The van der Waals surface area contributed by atoms with Crippen molar-refractivity contribution in [1.29, 1.82) is 0 Å². The van der Waals surface area contributed by atoms with Crippen LogP contribution in [0.25, 0.3) is 0 Å². The standard InChI is InChI=1S/C16H35O4P.C7H9O4P/c1-5-9-11-15(7-3)13-19-21(17,18)20-14-16(8-4)12-10-6-2;1-6-2-4-7(5-3-6)11-12(8,9)10/h15-16H,5-14H2,1-4H3,(H,17,18);2-5H,1H3,(H2,8,9,10). The van der Waals surface area contributed by atoms with Crippen LogP contribution in [0.4, 0.5) is 0 Å². The number of hydrogen-bond donors (Lipinski definition) is 3. The Kier molecular flexibility index (Phi) is 17.3. The Morgan fingerprint density at radius 2 is 1.21 bits per heavy atom. The number of rotatable bonds is 16. The van der Waals surface area contributed by atoms with E-state index in [-0.39, 0.29) is 5.75 Å². The minimum atomic E-state index is -4.40.